The predicted molar refractivity (Wildman–Crippen MR) is 86.7 cm³/mol. The van der Waals surface area contributed by atoms with E-state index in [-0.39, 0.29) is 27.2 Å². The van der Waals surface area contributed by atoms with Gasteiger partial charge >= 0.3 is 0 Å². The van der Waals surface area contributed by atoms with Crippen molar-refractivity contribution in [2.75, 3.05) is 19.6 Å². The highest BCUT2D eigenvalue weighted by atomic mass is 79.9. The van der Waals surface area contributed by atoms with Crippen LogP contribution in [0.5, 0.6) is 0 Å². The zero-order chi connectivity index (χ0) is 14.8. The number of nitrogens with one attached hydrogen (secondary N) is 2. The summed E-state index contributed by atoms with van der Waals surface area (Å²) in [6.45, 7) is 4.19. The summed E-state index contributed by atoms with van der Waals surface area (Å²) in [5.74, 6) is -0.473. The smallest absolute Gasteiger partial charge is 0.241 e. The average Bonchev–Trinajstić information content (AvgIpc) is 2.37. The Morgan fingerprint density at radius 2 is 2.19 bits per heavy atom. The molecular weight excluding hydrogens is 383 g/mol. The Kier molecular flexibility index (Phi) is 6.61. The average molecular weight is 402 g/mol. The van der Waals surface area contributed by atoms with E-state index in [9.17, 15) is 12.8 Å². The van der Waals surface area contributed by atoms with Crippen LogP contribution in [0.4, 0.5) is 4.39 Å². The topological polar surface area (TPSA) is 58.2 Å². The molecule has 4 nitrogen and oxygen atoms in total. The van der Waals surface area contributed by atoms with Crippen LogP contribution in [0.25, 0.3) is 0 Å². The van der Waals surface area contributed by atoms with Crippen LogP contribution in [0, 0.1) is 11.2 Å². The molecule has 1 heterocycles. The highest BCUT2D eigenvalue weighted by molar-refractivity contribution is 9.10. The van der Waals surface area contributed by atoms with Gasteiger partial charge in [0.05, 0.1) is 4.90 Å². The van der Waals surface area contributed by atoms with Gasteiger partial charge in [0.1, 0.15) is 5.82 Å². The normalized spacial score (nSPS) is 22.6. The van der Waals surface area contributed by atoms with Crippen molar-refractivity contribution in [3.8, 4) is 0 Å². The first-order valence-electron chi connectivity index (χ1n) is 6.48. The van der Waals surface area contributed by atoms with E-state index in [0.29, 0.717) is 6.54 Å². The fourth-order valence-corrected chi connectivity index (χ4v) is 4.56. The Labute approximate surface area is 139 Å². The molecule has 2 rings (SSSR count). The Morgan fingerprint density at radius 3 is 2.76 bits per heavy atom. The molecule has 0 aromatic heterocycles. The Balaban J connectivity index is 0.00000220. The van der Waals surface area contributed by atoms with Crippen molar-refractivity contribution in [2.24, 2.45) is 5.41 Å². The number of benzene rings is 1. The quantitative estimate of drug-likeness (QED) is 0.815. The minimum Gasteiger partial charge on any atom is -0.316 e. The lowest BCUT2D eigenvalue weighted by Crippen LogP contribution is -2.45. The Morgan fingerprint density at radius 1 is 1.48 bits per heavy atom. The monoisotopic (exact) mass is 400 g/mol. The van der Waals surface area contributed by atoms with E-state index in [4.69, 9.17) is 0 Å². The summed E-state index contributed by atoms with van der Waals surface area (Å²) in [5.41, 5.74) is -0.0855. The number of piperidine rings is 1. The van der Waals surface area contributed by atoms with Gasteiger partial charge in [-0.3, -0.25) is 0 Å². The maximum atomic E-state index is 13.0. The molecule has 0 bridgehead atoms. The first-order valence-corrected chi connectivity index (χ1v) is 8.76. The van der Waals surface area contributed by atoms with E-state index >= 15 is 0 Å². The fraction of sp³-hybridized carbons (Fsp3) is 0.538. The lowest BCUT2D eigenvalue weighted by molar-refractivity contribution is 0.238. The van der Waals surface area contributed by atoms with Gasteiger partial charge in [-0.05, 0) is 58.9 Å². The molecule has 0 amide bonds. The van der Waals surface area contributed by atoms with Gasteiger partial charge < -0.3 is 5.32 Å². The molecule has 1 aromatic carbocycles. The zero-order valence-electron chi connectivity index (χ0n) is 11.7. The van der Waals surface area contributed by atoms with Crippen LogP contribution in [-0.4, -0.2) is 28.1 Å². The van der Waals surface area contributed by atoms with E-state index in [0.717, 1.165) is 38.1 Å². The molecule has 1 fully saturated rings. The van der Waals surface area contributed by atoms with E-state index < -0.39 is 15.8 Å². The molecule has 21 heavy (non-hydrogen) atoms. The molecule has 1 saturated heterocycles. The molecule has 0 aliphatic carbocycles. The van der Waals surface area contributed by atoms with Gasteiger partial charge in [0, 0.05) is 17.6 Å². The first kappa shape index (κ1) is 18.8. The zero-order valence-corrected chi connectivity index (χ0v) is 14.9. The second-order valence-corrected chi connectivity index (χ2v) is 8.08. The second-order valence-electron chi connectivity index (χ2n) is 5.49. The summed E-state index contributed by atoms with van der Waals surface area (Å²) in [4.78, 5) is 0.0614. The van der Waals surface area contributed by atoms with Crippen molar-refractivity contribution in [1.29, 1.82) is 0 Å². The van der Waals surface area contributed by atoms with Gasteiger partial charge in [0.15, 0.2) is 0 Å². The van der Waals surface area contributed by atoms with Gasteiger partial charge in [-0.1, -0.05) is 6.92 Å². The number of hydrogen-bond acceptors (Lipinski definition) is 3. The number of sulfonamides is 1. The minimum absolute atomic E-state index is 0. The molecule has 2 N–H and O–H groups in total. The molecule has 1 aliphatic rings. The molecule has 1 unspecified atom stereocenters. The maximum Gasteiger partial charge on any atom is 0.241 e. The fourth-order valence-electron chi connectivity index (χ4n) is 2.31. The second kappa shape index (κ2) is 7.37. The summed E-state index contributed by atoms with van der Waals surface area (Å²) in [6.07, 6.45) is 2.02. The van der Waals surface area contributed by atoms with E-state index in [1.807, 2.05) is 0 Å². The molecule has 8 heteroatoms. The number of rotatable bonds is 4. The van der Waals surface area contributed by atoms with Crippen molar-refractivity contribution < 1.29 is 12.8 Å². The molecule has 0 radical (unpaired) electrons. The third-order valence-electron chi connectivity index (χ3n) is 3.56. The summed E-state index contributed by atoms with van der Waals surface area (Å²) >= 11 is 3.09. The van der Waals surface area contributed by atoms with Crippen molar-refractivity contribution in [2.45, 2.75) is 24.7 Å². The SMILES string of the molecule is CC1(CNS(=O)(=O)c2ccc(F)cc2Br)CCCNC1.Cl. The summed E-state index contributed by atoms with van der Waals surface area (Å²) < 4.78 is 40.4. The highest BCUT2D eigenvalue weighted by Crippen LogP contribution is 2.26. The van der Waals surface area contributed by atoms with E-state index in [2.05, 4.69) is 32.9 Å². The number of halogens is 3. The van der Waals surface area contributed by atoms with Crippen LogP contribution in [0.2, 0.25) is 0 Å². The third kappa shape index (κ3) is 4.89. The maximum absolute atomic E-state index is 13.0. The van der Waals surface area contributed by atoms with Crippen LogP contribution in [0.3, 0.4) is 0 Å². The van der Waals surface area contributed by atoms with Crippen LogP contribution >= 0.6 is 28.3 Å². The summed E-state index contributed by atoms with van der Waals surface area (Å²) in [5, 5.41) is 3.28. The number of hydrogen-bond donors (Lipinski definition) is 2. The molecule has 1 aliphatic heterocycles. The van der Waals surface area contributed by atoms with Crippen LogP contribution in [-0.2, 0) is 10.0 Å². The van der Waals surface area contributed by atoms with Crippen LogP contribution < -0.4 is 10.0 Å². The van der Waals surface area contributed by atoms with Crippen molar-refractivity contribution in [1.82, 2.24) is 10.0 Å². The molecule has 0 saturated carbocycles. The summed E-state index contributed by atoms with van der Waals surface area (Å²) in [6, 6.07) is 3.56. The molecule has 1 aromatic rings. The van der Waals surface area contributed by atoms with Crippen LogP contribution in [0.15, 0.2) is 27.6 Å². The van der Waals surface area contributed by atoms with Crippen molar-refractivity contribution in [3.63, 3.8) is 0 Å². The molecule has 120 valence electrons. The van der Waals surface area contributed by atoms with E-state index in [1.165, 1.54) is 6.07 Å². The van der Waals surface area contributed by atoms with Gasteiger partial charge in [-0.2, -0.15) is 0 Å². The molecule has 0 spiro atoms. The lowest BCUT2D eigenvalue weighted by atomic mass is 9.83. The minimum atomic E-state index is -3.64. The van der Waals surface area contributed by atoms with Gasteiger partial charge in [-0.25, -0.2) is 17.5 Å². The largest absolute Gasteiger partial charge is 0.316 e. The lowest BCUT2D eigenvalue weighted by Gasteiger charge is -2.34. The Hall–Kier alpha value is -0.210. The van der Waals surface area contributed by atoms with Crippen LogP contribution in [0.1, 0.15) is 19.8 Å². The molecule has 1 atom stereocenters. The Bertz CT molecular complexity index is 592. The van der Waals surface area contributed by atoms with Gasteiger partial charge in [0.2, 0.25) is 10.0 Å². The van der Waals surface area contributed by atoms with Crippen molar-refractivity contribution >= 4 is 38.4 Å². The van der Waals surface area contributed by atoms with Gasteiger partial charge in [0.25, 0.3) is 0 Å². The standard InChI is InChI=1S/C13H18BrFN2O2S.ClH/c1-13(5-2-6-16-8-13)9-17-20(18,19)12-4-3-10(15)7-11(12)14;/h3-4,7,16-17H,2,5-6,8-9H2,1H3;1H. The third-order valence-corrected chi connectivity index (χ3v) is 5.94. The molecular formula is C13H19BrClFN2O2S. The van der Waals surface area contributed by atoms with Gasteiger partial charge in [-0.15, -0.1) is 12.4 Å². The predicted octanol–water partition coefficient (Wildman–Crippen LogP) is 2.68. The van der Waals surface area contributed by atoms with E-state index in [1.54, 1.807) is 0 Å². The first-order chi connectivity index (χ1) is 9.32. The summed E-state index contributed by atoms with van der Waals surface area (Å²) in [7, 11) is -3.64. The highest BCUT2D eigenvalue weighted by Gasteiger charge is 2.29. The van der Waals surface area contributed by atoms with Crippen molar-refractivity contribution in [3.05, 3.63) is 28.5 Å².